The van der Waals surface area contributed by atoms with Crippen LogP contribution in [0.2, 0.25) is 0 Å². The number of hydrogen-bond donors (Lipinski definition) is 1. The van der Waals surface area contributed by atoms with Gasteiger partial charge in [-0.15, -0.1) is 0 Å². The van der Waals surface area contributed by atoms with Crippen LogP contribution in [0.4, 0.5) is 26.4 Å². The summed E-state index contributed by atoms with van der Waals surface area (Å²) in [6.07, 6.45) is 5.64. The molecule has 5 unspecified atom stereocenters. The van der Waals surface area contributed by atoms with Crippen LogP contribution in [0.1, 0.15) is 31.5 Å². The fraction of sp³-hybridized carbons (Fsp3) is 0.400. The molecular weight excluding hydrogens is 733 g/mol. The quantitative estimate of drug-likeness (QED) is 0.265. The van der Waals surface area contributed by atoms with Gasteiger partial charge in [0.25, 0.3) is 0 Å². The number of imidazole rings is 1. The molecule has 5 atom stereocenters. The molecule has 6 aromatic rings. The van der Waals surface area contributed by atoms with E-state index < -0.39 is 17.7 Å². The van der Waals surface area contributed by atoms with Crippen molar-refractivity contribution >= 4 is 45.6 Å². The molecule has 0 aliphatic carbocycles. The van der Waals surface area contributed by atoms with E-state index in [4.69, 9.17) is 29.7 Å². The zero-order valence-corrected chi connectivity index (χ0v) is 31.5. The minimum Gasteiger partial charge on any atom is -0.378 e. The number of piperidine rings is 1. The lowest BCUT2D eigenvalue weighted by Crippen LogP contribution is -2.61. The summed E-state index contributed by atoms with van der Waals surface area (Å²) in [6.45, 7) is 3.03. The second-order valence-electron chi connectivity index (χ2n) is 15.5. The number of carbonyl (C=O) groups excluding carboxylic acids is 1. The molecule has 9 heterocycles. The first-order chi connectivity index (χ1) is 27.7. The summed E-state index contributed by atoms with van der Waals surface area (Å²) in [5.74, 6) is 0.626. The smallest absolute Gasteiger partial charge is 0.245 e. The number of anilines is 3. The van der Waals surface area contributed by atoms with Gasteiger partial charge in [-0.3, -0.25) is 9.78 Å². The maximum absolute atomic E-state index is 15.4. The van der Waals surface area contributed by atoms with Crippen molar-refractivity contribution < 1.29 is 18.3 Å². The predicted octanol–water partition coefficient (Wildman–Crippen LogP) is 4.64. The summed E-state index contributed by atoms with van der Waals surface area (Å²) in [6, 6.07) is 12.6. The average Bonchev–Trinajstić information content (AvgIpc) is 3.91. The van der Waals surface area contributed by atoms with Crippen LogP contribution in [0.5, 0.6) is 0 Å². The molecule has 1 aromatic carbocycles. The van der Waals surface area contributed by atoms with Crippen LogP contribution < -0.4 is 15.1 Å². The standard InChI is InChI=1S/C40H39F2N13O2/c1-21-46-31-9-10-44-35-30-5-4-6-34(48-30)47-24-14-33(39(56)51(2)19-27(57-3)20-52(21)36(31)35)53(18-24)37-28-17-45-55(32-8-7-23(41)13-29(32)42)38(28)50-40(49-37)54-25-11-22(16-43)12-26(54)15-25/h4-10,13,17,22,24-27,33H,11-12,14-15,18-20H2,1-3H3,(H,47,48). The number of likely N-dealkylation sites (N-methyl/N-ethyl adjacent to an activating group) is 1. The van der Waals surface area contributed by atoms with Crippen molar-refractivity contribution in [2.45, 2.75) is 69.4 Å². The molecule has 1 N–H and O–H groups in total. The molecule has 4 aliphatic heterocycles. The maximum Gasteiger partial charge on any atom is 0.245 e. The zero-order valence-electron chi connectivity index (χ0n) is 31.5. The van der Waals surface area contributed by atoms with E-state index in [0.717, 1.165) is 29.3 Å². The number of halogens is 2. The number of fused-ring (bicyclic) bond motifs is 8. The van der Waals surface area contributed by atoms with E-state index in [1.54, 1.807) is 31.5 Å². The number of pyridine rings is 2. The third-order valence-electron chi connectivity index (χ3n) is 12.0. The summed E-state index contributed by atoms with van der Waals surface area (Å²) >= 11 is 0. The van der Waals surface area contributed by atoms with Crippen LogP contribution >= 0.6 is 0 Å². The minimum atomic E-state index is -0.792. The summed E-state index contributed by atoms with van der Waals surface area (Å²) in [4.78, 5) is 45.4. The number of nitrogens with zero attached hydrogens (tertiary/aromatic N) is 12. The van der Waals surface area contributed by atoms with Crippen LogP contribution in [-0.4, -0.2) is 108 Å². The van der Waals surface area contributed by atoms with E-state index in [-0.39, 0.29) is 41.7 Å². The highest BCUT2D eigenvalue weighted by molar-refractivity contribution is 5.94. The highest BCUT2D eigenvalue weighted by atomic mass is 19.1. The Bertz CT molecular complexity index is 2610. The SMILES string of the molecule is COC1CN(C)C(=O)C2CC(CN2c2nc(N3C4CC(C#N)CC3C4)nc3c2cnn3-c2ccc(F)cc2F)Nc2cccc(n2)-c2nccc3nc(C)n(c23)C1. The van der Waals surface area contributed by atoms with E-state index in [1.807, 2.05) is 36.1 Å². The molecule has 0 saturated carbocycles. The van der Waals surface area contributed by atoms with Crippen LogP contribution in [0.25, 0.3) is 39.1 Å². The summed E-state index contributed by atoms with van der Waals surface area (Å²) in [5.41, 5.74) is 3.36. The molecule has 4 aliphatic rings. The molecule has 5 aromatic heterocycles. The van der Waals surface area contributed by atoms with Crippen molar-refractivity contribution in [2.75, 3.05) is 42.4 Å². The highest BCUT2D eigenvalue weighted by Gasteiger charge is 2.48. The molecule has 0 radical (unpaired) electrons. The molecule has 290 valence electrons. The number of rotatable bonds is 4. The number of methoxy groups -OCH3 is 1. The molecule has 57 heavy (non-hydrogen) atoms. The van der Waals surface area contributed by atoms with Gasteiger partial charge in [0.05, 0.1) is 52.9 Å². The number of nitriles is 1. The first-order valence-electron chi connectivity index (χ1n) is 19.2. The van der Waals surface area contributed by atoms with Gasteiger partial charge in [0.2, 0.25) is 11.9 Å². The van der Waals surface area contributed by atoms with Gasteiger partial charge in [-0.1, -0.05) is 6.07 Å². The lowest BCUT2D eigenvalue weighted by atomic mass is 9.74. The summed E-state index contributed by atoms with van der Waals surface area (Å²) < 4.78 is 38.9. The Morgan fingerprint density at radius 1 is 0.982 bits per heavy atom. The number of carbonyl (C=O) groups is 1. The number of hydrogen-bond acceptors (Lipinski definition) is 12. The van der Waals surface area contributed by atoms with Crippen molar-refractivity contribution in [2.24, 2.45) is 5.92 Å². The van der Waals surface area contributed by atoms with Crippen molar-refractivity contribution in [3.05, 3.63) is 72.3 Å². The van der Waals surface area contributed by atoms with E-state index in [0.29, 0.717) is 78.9 Å². The van der Waals surface area contributed by atoms with Crippen LogP contribution in [0, 0.1) is 35.8 Å². The Balaban J connectivity index is 1.10. The van der Waals surface area contributed by atoms with Gasteiger partial charge in [-0.05, 0) is 62.9 Å². The second-order valence-corrected chi connectivity index (χ2v) is 15.5. The second kappa shape index (κ2) is 13.4. The fourth-order valence-corrected chi connectivity index (χ4v) is 9.28. The predicted molar refractivity (Wildman–Crippen MR) is 207 cm³/mol. The van der Waals surface area contributed by atoms with Gasteiger partial charge < -0.3 is 29.3 Å². The maximum atomic E-state index is 15.4. The Morgan fingerprint density at radius 2 is 1.82 bits per heavy atom. The third-order valence-corrected chi connectivity index (χ3v) is 12.0. The lowest BCUT2D eigenvalue weighted by molar-refractivity contribution is -0.132. The highest BCUT2D eigenvalue weighted by Crippen LogP contribution is 2.44. The Hall–Kier alpha value is -6.28. The van der Waals surface area contributed by atoms with Crippen LogP contribution in [0.3, 0.4) is 0 Å². The molecule has 0 spiro atoms. The Kier molecular flexibility index (Phi) is 8.29. The van der Waals surface area contributed by atoms with Gasteiger partial charge in [-0.25, -0.2) is 23.4 Å². The first-order valence-corrected chi connectivity index (χ1v) is 19.2. The van der Waals surface area contributed by atoms with E-state index in [2.05, 4.69) is 26.0 Å². The minimum absolute atomic E-state index is 0.0307. The van der Waals surface area contributed by atoms with Gasteiger partial charge in [0.15, 0.2) is 11.5 Å². The van der Waals surface area contributed by atoms with Crippen molar-refractivity contribution in [3.8, 4) is 23.1 Å². The summed E-state index contributed by atoms with van der Waals surface area (Å²) in [5, 5.41) is 18.4. The van der Waals surface area contributed by atoms with E-state index >= 15 is 4.39 Å². The van der Waals surface area contributed by atoms with Crippen molar-refractivity contribution in [3.63, 3.8) is 0 Å². The number of ether oxygens (including phenoxy) is 1. The number of nitrogens with one attached hydrogen (secondary N) is 1. The average molecular weight is 772 g/mol. The van der Waals surface area contributed by atoms with Crippen molar-refractivity contribution in [1.82, 2.24) is 44.2 Å². The van der Waals surface area contributed by atoms with Crippen LogP contribution in [0.15, 0.2) is 54.9 Å². The number of amides is 1. The number of aromatic nitrogens is 8. The third kappa shape index (κ3) is 5.80. The number of benzene rings is 1. The molecule has 10 rings (SSSR count). The monoisotopic (exact) mass is 771 g/mol. The molecule has 3 saturated heterocycles. The van der Waals surface area contributed by atoms with E-state index in [1.165, 1.54) is 16.8 Å². The summed E-state index contributed by atoms with van der Waals surface area (Å²) in [7, 11) is 3.42. The number of aryl methyl sites for hydroxylation is 1. The molecule has 1 amide bonds. The van der Waals surface area contributed by atoms with Gasteiger partial charge >= 0.3 is 0 Å². The van der Waals surface area contributed by atoms with E-state index in [9.17, 15) is 14.4 Å². The molecular formula is C40H39F2N13O2. The molecule has 6 bridgehead atoms. The lowest BCUT2D eigenvalue weighted by Gasteiger charge is -2.54. The van der Waals surface area contributed by atoms with Crippen molar-refractivity contribution in [1.29, 1.82) is 5.26 Å². The van der Waals surface area contributed by atoms with Crippen LogP contribution in [-0.2, 0) is 16.1 Å². The topological polar surface area (TPSA) is 159 Å². The first kappa shape index (κ1) is 35.2. The molecule has 15 nitrogen and oxygen atoms in total. The van der Waals surface area contributed by atoms with Gasteiger partial charge in [0, 0.05) is 57.6 Å². The molecule has 17 heteroatoms. The van der Waals surface area contributed by atoms with Gasteiger partial charge in [-0.2, -0.15) is 20.3 Å². The molecule has 3 fully saturated rings. The zero-order chi connectivity index (χ0) is 39.1. The Labute approximate surface area is 325 Å². The van der Waals surface area contributed by atoms with Gasteiger partial charge in [0.1, 0.15) is 40.7 Å². The normalized spacial score (nSPS) is 24.6. The Morgan fingerprint density at radius 3 is 2.61 bits per heavy atom. The largest absolute Gasteiger partial charge is 0.378 e. The fourth-order valence-electron chi connectivity index (χ4n) is 9.28.